The van der Waals surface area contributed by atoms with E-state index in [-0.39, 0.29) is 6.04 Å². The predicted octanol–water partition coefficient (Wildman–Crippen LogP) is 2.68. The Bertz CT molecular complexity index is 1030. The van der Waals surface area contributed by atoms with Gasteiger partial charge in [0.2, 0.25) is 0 Å². The maximum atomic E-state index is 9.18. The van der Waals surface area contributed by atoms with Crippen LogP contribution in [0.1, 0.15) is 30.3 Å². The molecule has 4 heterocycles. The molecule has 8 nitrogen and oxygen atoms in total. The second kappa shape index (κ2) is 6.61. The van der Waals surface area contributed by atoms with Crippen LogP contribution < -0.4 is 0 Å². The summed E-state index contributed by atoms with van der Waals surface area (Å²) >= 11 is 0. The number of nitriles is 2. The van der Waals surface area contributed by atoms with Crippen LogP contribution in [-0.2, 0) is 0 Å². The lowest BCUT2D eigenvalue weighted by atomic mass is 10.1. The van der Waals surface area contributed by atoms with Crippen LogP contribution in [0.25, 0.3) is 22.8 Å². The second-order valence-electron chi connectivity index (χ2n) is 5.88. The first-order valence-corrected chi connectivity index (χ1v) is 8.11. The second-order valence-corrected chi connectivity index (χ2v) is 5.88. The maximum absolute atomic E-state index is 9.18. The van der Waals surface area contributed by atoms with E-state index in [2.05, 4.69) is 32.4 Å². The molecule has 0 saturated carbocycles. The summed E-state index contributed by atoms with van der Waals surface area (Å²) in [6, 6.07) is 8.83. The molecule has 1 atom stereocenters. The molecule has 1 aliphatic heterocycles. The van der Waals surface area contributed by atoms with Gasteiger partial charge in [-0.1, -0.05) is 5.16 Å². The van der Waals surface area contributed by atoms with Gasteiger partial charge >= 0.3 is 0 Å². The highest BCUT2D eigenvalue weighted by Crippen LogP contribution is 2.31. The standard InChI is InChI=1S/C18H13N7O/c19-10-12-3-5-21-14(8-12)15-9-13(4-6-22-15)18-23-17(24-26-18)16-2-1-7-25(16)11-20/h3-6,8-9,16H,1-2,7H2. The fourth-order valence-corrected chi connectivity index (χ4v) is 2.99. The molecule has 1 saturated heterocycles. The lowest BCUT2D eigenvalue weighted by Crippen LogP contribution is -2.17. The Morgan fingerprint density at radius 2 is 1.92 bits per heavy atom. The normalized spacial score (nSPS) is 16.2. The van der Waals surface area contributed by atoms with Crippen LogP contribution in [0.5, 0.6) is 0 Å². The maximum Gasteiger partial charge on any atom is 0.258 e. The summed E-state index contributed by atoms with van der Waals surface area (Å²) in [6.07, 6.45) is 7.14. The van der Waals surface area contributed by atoms with E-state index in [0.29, 0.717) is 40.8 Å². The molecule has 0 radical (unpaired) electrons. The van der Waals surface area contributed by atoms with E-state index in [1.54, 1.807) is 41.6 Å². The summed E-state index contributed by atoms with van der Waals surface area (Å²) in [5, 5.41) is 22.3. The molecular formula is C18H13N7O. The summed E-state index contributed by atoms with van der Waals surface area (Å²) in [5.41, 5.74) is 2.43. The van der Waals surface area contributed by atoms with Crippen LogP contribution >= 0.6 is 0 Å². The number of nitrogens with zero attached hydrogens (tertiary/aromatic N) is 7. The molecule has 0 aromatic carbocycles. The Kier molecular flexibility index (Phi) is 4.00. The Morgan fingerprint density at radius 3 is 2.73 bits per heavy atom. The van der Waals surface area contributed by atoms with Gasteiger partial charge in [-0.05, 0) is 37.1 Å². The Hall–Kier alpha value is -3.78. The van der Waals surface area contributed by atoms with Crippen molar-refractivity contribution in [3.8, 4) is 35.1 Å². The van der Waals surface area contributed by atoms with Gasteiger partial charge in [0.15, 0.2) is 12.0 Å². The molecule has 4 rings (SSSR count). The van der Waals surface area contributed by atoms with Crippen molar-refractivity contribution < 1.29 is 4.52 Å². The van der Waals surface area contributed by atoms with Crippen molar-refractivity contribution >= 4 is 0 Å². The fraction of sp³-hybridized carbons (Fsp3) is 0.222. The van der Waals surface area contributed by atoms with E-state index in [1.165, 1.54) is 0 Å². The van der Waals surface area contributed by atoms with Crippen molar-refractivity contribution in [2.75, 3.05) is 6.54 Å². The highest BCUT2D eigenvalue weighted by Gasteiger charge is 2.29. The third-order valence-electron chi connectivity index (χ3n) is 4.28. The minimum Gasteiger partial charge on any atom is -0.334 e. The summed E-state index contributed by atoms with van der Waals surface area (Å²) in [4.78, 5) is 14.7. The molecule has 1 aliphatic rings. The van der Waals surface area contributed by atoms with Gasteiger partial charge in [-0.2, -0.15) is 15.5 Å². The molecule has 1 fully saturated rings. The van der Waals surface area contributed by atoms with E-state index in [4.69, 9.17) is 9.78 Å². The van der Waals surface area contributed by atoms with Gasteiger partial charge in [0.05, 0.1) is 23.0 Å². The van der Waals surface area contributed by atoms with Gasteiger partial charge < -0.3 is 4.52 Å². The van der Waals surface area contributed by atoms with Crippen molar-refractivity contribution in [2.45, 2.75) is 18.9 Å². The summed E-state index contributed by atoms with van der Waals surface area (Å²) < 4.78 is 5.39. The van der Waals surface area contributed by atoms with Crippen LogP contribution in [0.15, 0.2) is 41.2 Å². The highest BCUT2D eigenvalue weighted by atomic mass is 16.5. The largest absolute Gasteiger partial charge is 0.334 e. The SMILES string of the molecule is N#Cc1ccnc(-c2cc(-c3nc(C4CCCN4C#N)no3)ccn2)c1. The smallest absolute Gasteiger partial charge is 0.258 e. The average molecular weight is 343 g/mol. The predicted molar refractivity (Wildman–Crippen MR) is 89.8 cm³/mol. The van der Waals surface area contributed by atoms with Gasteiger partial charge in [-0.15, -0.1) is 0 Å². The number of pyridine rings is 2. The minimum absolute atomic E-state index is 0.132. The van der Waals surface area contributed by atoms with Crippen molar-refractivity contribution in [1.82, 2.24) is 25.0 Å². The monoisotopic (exact) mass is 343 g/mol. The van der Waals surface area contributed by atoms with Crippen LogP contribution in [-0.4, -0.2) is 31.6 Å². The highest BCUT2D eigenvalue weighted by molar-refractivity contribution is 5.64. The van der Waals surface area contributed by atoms with Crippen molar-refractivity contribution in [3.63, 3.8) is 0 Å². The molecule has 3 aromatic rings. The van der Waals surface area contributed by atoms with Crippen LogP contribution in [0.3, 0.4) is 0 Å². The zero-order valence-corrected chi connectivity index (χ0v) is 13.7. The van der Waals surface area contributed by atoms with Crippen LogP contribution in [0.4, 0.5) is 0 Å². The molecule has 8 heteroatoms. The summed E-state index contributed by atoms with van der Waals surface area (Å²) in [5.74, 6) is 0.881. The third kappa shape index (κ3) is 2.85. The van der Waals surface area contributed by atoms with Crippen LogP contribution in [0.2, 0.25) is 0 Å². The van der Waals surface area contributed by atoms with Gasteiger partial charge in [0.25, 0.3) is 5.89 Å². The van der Waals surface area contributed by atoms with Crippen molar-refractivity contribution in [1.29, 1.82) is 10.5 Å². The number of aromatic nitrogens is 4. The number of rotatable bonds is 3. The first-order chi connectivity index (χ1) is 12.8. The van der Waals surface area contributed by atoms with E-state index in [1.807, 2.05) is 0 Å². The zero-order chi connectivity index (χ0) is 17.9. The van der Waals surface area contributed by atoms with Crippen molar-refractivity contribution in [3.05, 3.63) is 48.0 Å². The van der Waals surface area contributed by atoms with E-state index in [0.717, 1.165) is 12.8 Å². The molecule has 26 heavy (non-hydrogen) atoms. The third-order valence-corrected chi connectivity index (χ3v) is 4.28. The lowest BCUT2D eigenvalue weighted by molar-refractivity contribution is 0.339. The molecule has 1 unspecified atom stereocenters. The minimum atomic E-state index is -0.132. The van der Waals surface area contributed by atoms with Crippen LogP contribution in [0, 0.1) is 22.8 Å². The molecule has 0 bridgehead atoms. The first-order valence-electron chi connectivity index (χ1n) is 8.11. The Labute approximate surface area is 149 Å². The number of hydrogen-bond donors (Lipinski definition) is 0. The zero-order valence-electron chi connectivity index (χ0n) is 13.7. The van der Waals surface area contributed by atoms with E-state index in [9.17, 15) is 5.26 Å². The van der Waals surface area contributed by atoms with Gasteiger partial charge in [0.1, 0.15) is 6.04 Å². The molecule has 3 aromatic heterocycles. The van der Waals surface area contributed by atoms with E-state index >= 15 is 0 Å². The van der Waals surface area contributed by atoms with Gasteiger partial charge in [-0.3, -0.25) is 14.9 Å². The lowest BCUT2D eigenvalue weighted by Gasteiger charge is -2.13. The fourth-order valence-electron chi connectivity index (χ4n) is 2.99. The molecule has 0 spiro atoms. The Balaban J connectivity index is 1.65. The average Bonchev–Trinajstić information content (AvgIpc) is 3.37. The Morgan fingerprint density at radius 1 is 1.12 bits per heavy atom. The molecule has 0 amide bonds. The van der Waals surface area contributed by atoms with Gasteiger partial charge in [0, 0.05) is 24.5 Å². The molecule has 0 N–H and O–H groups in total. The molecule has 126 valence electrons. The first kappa shape index (κ1) is 15.7. The number of hydrogen-bond acceptors (Lipinski definition) is 8. The summed E-state index contributed by atoms with van der Waals surface area (Å²) in [6.45, 7) is 0.714. The summed E-state index contributed by atoms with van der Waals surface area (Å²) in [7, 11) is 0. The van der Waals surface area contributed by atoms with E-state index < -0.39 is 0 Å². The van der Waals surface area contributed by atoms with Gasteiger partial charge in [-0.25, -0.2) is 0 Å². The molecule has 0 aliphatic carbocycles. The number of likely N-dealkylation sites (tertiary alicyclic amines) is 1. The topological polar surface area (TPSA) is 116 Å². The van der Waals surface area contributed by atoms with Crippen molar-refractivity contribution in [2.24, 2.45) is 0 Å². The molecular weight excluding hydrogens is 330 g/mol. The quantitative estimate of drug-likeness (QED) is 0.666.